The number of hydrogen-bond acceptors (Lipinski definition) is 3. The van der Waals surface area contributed by atoms with Crippen molar-refractivity contribution in [2.45, 2.75) is 25.1 Å². The molecule has 2 aromatic carbocycles. The molecule has 1 aromatic heterocycles. The van der Waals surface area contributed by atoms with Gasteiger partial charge in [-0.05, 0) is 36.1 Å². The number of H-pyrrole nitrogens is 1. The van der Waals surface area contributed by atoms with Crippen LogP contribution in [-0.4, -0.2) is 29.1 Å². The van der Waals surface area contributed by atoms with Crippen molar-refractivity contribution < 1.29 is 4.79 Å². The maximum absolute atomic E-state index is 12.7. The van der Waals surface area contributed by atoms with E-state index in [9.17, 15) is 4.79 Å². The van der Waals surface area contributed by atoms with Crippen LogP contribution in [0.5, 0.6) is 0 Å². The Hall–Kier alpha value is -2.30. The first-order valence-electron chi connectivity index (χ1n) is 9.37. The molecular weight excluding hydrogens is 352 g/mol. The second-order valence-corrected chi connectivity index (χ2v) is 7.98. The summed E-state index contributed by atoms with van der Waals surface area (Å²) in [5, 5.41) is 4.62. The molecule has 0 fully saturated rings. The summed E-state index contributed by atoms with van der Waals surface area (Å²) in [6.45, 7) is 2.87. The van der Waals surface area contributed by atoms with Crippen LogP contribution in [-0.2, 0) is 10.5 Å². The highest BCUT2D eigenvalue weighted by atomic mass is 32.2. The minimum atomic E-state index is -0.0817. The Morgan fingerprint density at radius 3 is 2.74 bits per heavy atom. The van der Waals surface area contributed by atoms with Crippen LogP contribution in [0.4, 0.5) is 0 Å². The monoisotopic (exact) mass is 376 g/mol. The quantitative estimate of drug-likeness (QED) is 0.654. The van der Waals surface area contributed by atoms with E-state index in [0.717, 1.165) is 18.7 Å². The van der Waals surface area contributed by atoms with Crippen LogP contribution in [0, 0.1) is 6.92 Å². The topological polar surface area (TPSA) is 44.9 Å². The van der Waals surface area contributed by atoms with Crippen LogP contribution in [0.15, 0.2) is 60.7 Å². The zero-order valence-electron chi connectivity index (χ0n) is 15.5. The molecule has 1 atom stereocenters. The summed E-state index contributed by atoms with van der Waals surface area (Å²) in [6, 6.07) is 18.6. The summed E-state index contributed by atoms with van der Waals surface area (Å²) in [7, 11) is 0. The fraction of sp³-hybridized carbons (Fsp3) is 0.261. The Labute approximate surface area is 164 Å². The van der Waals surface area contributed by atoms with E-state index in [1.54, 1.807) is 11.8 Å². The molecule has 0 aliphatic carbocycles. The SMILES string of the molecule is Cc1[nH]c2ccccc2c1CSCC(=O)C1CC(c2ccccc2)=CCN1. The molecule has 3 nitrogen and oxygen atoms in total. The molecule has 0 saturated heterocycles. The lowest BCUT2D eigenvalue weighted by Crippen LogP contribution is -2.40. The minimum absolute atomic E-state index is 0.0817. The molecular formula is C23H24N2OS. The van der Waals surface area contributed by atoms with E-state index < -0.39 is 0 Å². The van der Waals surface area contributed by atoms with Gasteiger partial charge in [-0.2, -0.15) is 0 Å². The van der Waals surface area contributed by atoms with Crippen LogP contribution in [0.2, 0.25) is 0 Å². The molecule has 4 rings (SSSR count). The number of rotatable bonds is 6. The number of para-hydroxylation sites is 1. The number of aryl methyl sites for hydroxylation is 1. The van der Waals surface area contributed by atoms with Crippen molar-refractivity contribution in [1.29, 1.82) is 0 Å². The van der Waals surface area contributed by atoms with Gasteiger partial charge in [-0.1, -0.05) is 54.6 Å². The number of carbonyl (C=O) groups is 1. The Morgan fingerprint density at radius 1 is 1.11 bits per heavy atom. The molecule has 0 radical (unpaired) electrons. The molecule has 0 spiro atoms. The summed E-state index contributed by atoms with van der Waals surface area (Å²) in [5.41, 5.74) is 6.17. The number of aromatic amines is 1. The van der Waals surface area contributed by atoms with Crippen molar-refractivity contribution >= 4 is 34.0 Å². The van der Waals surface area contributed by atoms with E-state index in [1.807, 2.05) is 12.1 Å². The Kier molecular flexibility index (Phi) is 5.46. The number of Topliss-reactive ketones (excluding diaryl/α,β-unsaturated/α-hetero) is 1. The highest BCUT2D eigenvalue weighted by molar-refractivity contribution is 7.99. The zero-order chi connectivity index (χ0) is 18.6. The van der Waals surface area contributed by atoms with Gasteiger partial charge in [0.1, 0.15) is 0 Å². The van der Waals surface area contributed by atoms with E-state index in [4.69, 9.17) is 0 Å². The van der Waals surface area contributed by atoms with E-state index in [-0.39, 0.29) is 6.04 Å². The molecule has 3 aromatic rings. The predicted octanol–water partition coefficient (Wildman–Crippen LogP) is 4.72. The van der Waals surface area contributed by atoms with Crippen molar-refractivity contribution in [2.75, 3.05) is 12.3 Å². The third kappa shape index (κ3) is 4.02. The van der Waals surface area contributed by atoms with Gasteiger partial charge in [0.15, 0.2) is 5.78 Å². The lowest BCUT2D eigenvalue weighted by atomic mass is 9.94. The molecule has 1 unspecified atom stereocenters. The molecule has 0 amide bonds. The number of ketones is 1. The number of fused-ring (bicyclic) bond motifs is 1. The first-order valence-corrected chi connectivity index (χ1v) is 10.5. The van der Waals surface area contributed by atoms with E-state index >= 15 is 0 Å². The smallest absolute Gasteiger partial charge is 0.159 e. The van der Waals surface area contributed by atoms with E-state index in [2.05, 4.69) is 65.8 Å². The Balaban J connectivity index is 1.36. The highest BCUT2D eigenvalue weighted by Gasteiger charge is 2.22. The maximum atomic E-state index is 12.7. The van der Waals surface area contributed by atoms with Gasteiger partial charge >= 0.3 is 0 Å². The van der Waals surface area contributed by atoms with Crippen molar-refractivity contribution in [3.05, 3.63) is 77.5 Å². The average Bonchev–Trinajstić information content (AvgIpc) is 3.04. The standard InChI is InChI=1S/C23H24N2OS/c1-16-20(19-9-5-6-10-21(19)25-16)14-27-15-23(26)22-13-18(11-12-24-22)17-7-3-2-4-8-17/h2-11,22,24-25H,12-15H2,1H3. The molecule has 2 N–H and O–H groups in total. The maximum Gasteiger partial charge on any atom is 0.159 e. The second-order valence-electron chi connectivity index (χ2n) is 6.99. The number of nitrogens with one attached hydrogen (secondary N) is 2. The van der Waals surface area contributed by atoms with Crippen molar-refractivity contribution in [3.63, 3.8) is 0 Å². The summed E-state index contributed by atoms with van der Waals surface area (Å²) in [4.78, 5) is 16.2. The lowest BCUT2D eigenvalue weighted by molar-refractivity contribution is -0.118. The van der Waals surface area contributed by atoms with Gasteiger partial charge in [0.2, 0.25) is 0 Å². The van der Waals surface area contributed by atoms with Crippen molar-refractivity contribution in [2.24, 2.45) is 0 Å². The molecule has 27 heavy (non-hydrogen) atoms. The van der Waals surface area contributed by atoms with E-state index in [0.29, 0.717) is 11.5 Å². The Bertz CT molecular complexity index is 974. The second kappa shape index (κ2) is 8.15. The van der Waals surface area contributed by atoms with Gasteiger partial charge in [0.25, 0.3) is 0 Å². The molecule has 4 heteroatoms. The normalized spacial score (nSPS) is 17.1. The van der Waals surface area contributed by atoms with Gasteiger partial charge in [0, 0.05) is 28.9 Å². The number of aromatic nitrogens is 1. The molecule has 1 aliphatic heterocycles. The number of benzene rings is 2. The van der Waals surface area contributed by atoms with Gasteiger partial charge in [-0.15, -0.1) is 11.8 Å². The van der Waals surface area contributed by atoms with Gasteiger partial charge in [-0.25, -0.2) is 0 Å². The van der Waals surface area contributed by atoms with Gasteiger partial charge < -0.3 is 10.3 Å². The van der Waals surface area contributed by atoms with Crippen LogP contribution < -0.4 is 5.32 Å². The first-order chi connectivity index (χ1) is 13.2. The fourth-order valence-electron chi connectivity index (χ4n) is 3.69. The Morgan fingerprint density at radius 2 is 1.89 bits per heavy atom. The summed E-state index contributed by atoms with van der Waals surface area (Å²) in [6.07, 6.45) is 2.97. The zero-order valence-corrected chi connectivity index (χ0v) is 16.3. The fourth-order valence-corrected chi connectivity index (χ4v) is 4.77. The van der Waals surface area contributed by atoms with Gasteiger partial charge in [0.05, 0.1) is 11.8 Å². The largest absolute Gasteiger partial charge is 0.358 e. The molecule has 0 bridgehead atoms. The summed E-state index contributed by atoms with van der Waals surface area (Å²) >= 11 is 1.71. The van der Waals surface area contributed by atoms with Crippen LogP contribution >= 0.6 is 11.8 Å². The lowest BCUT2D eigenvalue weighted by Gasteiger charge is -2.23. The van der Waals surface area contributed by atoms with E-state index in [1.165, 1.54) is 33.3 Å². The third-order valence-corrected chi connectivity index (χ3v) is 6.17. The highest BCUT2D eigenvalue weighted by Crippen LogP contribution is 2.27. The summed E-state index contributed by atoms with van der Waals surface area (Å²) in [5.74, 6) is 1.69. The molecule has 2 heterocycles. The van der Waals surface area contributed by atoms with Crippen LogP contribution in [0.3, 0.4) is 0 Å². The summed E-state index contributed by atoms with van der Waals surface area (Å²) < 4.78 is 0. The van der Waals surface area contributed by atoms with Gasteiger partial charge in [-0.3, -0.25) is 4.79 Å². The number of carbonyl (C=O) groups excluding carboxylic acids is 1. The molecule has 0 saturated carbocycles. The van der Waals surface area contributed by atoms with Crippen LogP contribution in [0.25, 0.3) is 16.5 Å². The number of thioether (sulfide) groups is 1. The third-order valence-electron chi connectivity index (χ3n) is 5.19. The van der Waals surface area contributed by atoms with Crippen molar-refractivity contribution in [1.82, 2.24) is 10.3 Å². The van der Waals surface area contributed by atoms with Crippen molar-refractivity contribution in [3.8, 4) is 0 Å². The predicted molar refractivity (Wildman–Crippen MR) is 115 cm³/mol. The first kappa shape index (κ1) is 18.1. The molecule has 1 aliphatic rings. The number of hydrogen-bond donors (Lipinski definition) is 2. The average molecular weight is 377 g/mol. The molecule has 138 valence electrons. The minimum Gasteiger partial charge on any atom is -0.358 e. The van der Waals surface area contributed by atoms with Crippen LogP contribution in [0.1, 0.15) is 23.2 Å².